The van der Waals surface area contributed by atoms with Crippen molar-refractivity contribution in [2.75, 3.05) is 6.54 Å². The Kier molecular flexibility index (Phi) is 3.63. The number of nitrogens with one attached hydrogen (secondary N) is 1. The molecule has 0 aromatic rings. The summed E-state index contributed by atoms with van der Waals surface area (Å²) in [6, 6.07) is -0.155. The summed E-state index contributed by atoms with van der Waals surface area (Å²) >= 11 is 0. The van der Waals surface area contributed by atoms with E-state index in [-0.39, 0.29) is 17.9 Å². The van der Waals surface area contributed by atoms with Crippen LogP contribution in [0.3, 0.4) is 0 Å². The van der Waals surface area contributed by atoms with Crippen LogP contribution in [0.4, 0.5) is 8.78 Å². The summed E-state index contributed by atoms with van der Waals surface area (Å²) in [7, 11) is 0. The topological polar surface area (TPSA) is 75.4 Å². The number of halogens is 2. The highest BCUT2D eigenvalue weighted by molar-refractivity contribution is 5.80. The van der Waals surface area contributed by atoms with Gasteiger partial charge in [0.05, 0.1) is 5.92 Å². The first-order chi connectivity index (χ1) is 8.00. The zero-order valence-corrected chi connectivity index (χ0v) is 9.48. The number of alkyl halides is 2. The van der Waals surface area contributed by atoms with E-state index in [1.54, 1.807) is 0 Å². The Morgan fingerprint density at radius 3 is 2.59 bits per heavy atom. The number of aliphatic hydroxyl groups is 1. The lowest BCUT2D eigenvalue weighted by Gasteiger charge is -2.27. The van der Waals surface area contributed by atoms with Gasteiger partial charge < -0.3 is 16.2 Å². The van der Waals surface area contributed by atoms with Crippen molar-refractivity contribution in [1.82, 2.24) is 5.32 Å². The number of carbonyl (C=O) groups excluding carboxylic acids is 1. The zero-order valence-electron chi connectivity index (χ0n) is 9.48. The second kappa shape index (κ2) is 4.86. The number of amides is 1. The minimum absolute atomic E-state index is 0.155. The van der Waals surface area contributed by atoms with Gasteiger partial charge in [0.1, 0.15) is 6.10 Å². The summed E-state index contributed by atoms with van der Waals surface area (Å²) < 4.78 is 24.1. The highest BCUT2D eigenvalue weighted by Gasteiger charge is 2.49. The Morgan fingerprint density at radius 2 is 2.06 bits per heavy atom. The maximum atomic E-state index is 12.1. The molecule has 1 amide bonds. The summed E-state index contributed by atoms with van der Waals surface area (Å²) in [5.41, 5.74) is 5.96. The molecule has 0 spiro atoms. The van der Waals surface area contributed by atoms with Crippen molar-refractivity contribution in [2.24, 2.45) is 23.5 Å². The molecular formula is C11H18F2N2O2. The third-order valence-corrected chi connectivity index (χ3v) is 4.06. The summed E-state index contributed by atoms with van der Waals surface area (Å²) in [4.78, 5) is 11.8. The lowest BCUT2D eigenvalue weighted by Crippen LogP contribution is -2.47. The van der Waals surface area contributed by atoms with Crippen LogP contribution in [0.15, 0.2) is 0 Å². The van der Waals surface area contributed by atoms with Gasteiger partial charge in [0.15, 0.2) is 0 Å². The Morgan fingerprint density at radius 1 is 1.41 bits per heavy atom. The van der Waals surface area contributed by atoms with Crippen LogP contribution in [0.1, 0.15) is 19.3 Å². The maximum Gasteiger partial charge on any atom is 0.265 e. The number of fused-ring (bicyclic) bond motifs is 2. The number of carbonyl (C=O) groups is 1. The van der Waals surface area contributed by atoms with Crippen LogP contribution in [-0.2, 0) is 4.79 Å². The Bertz CT molecular complexity index is 299. The molecule has 0 radical (unpaired) electrons. The average molecular weight is 248 g/mol. The molecule has 4 N–H and O–H groups in total. The molecule has 0 aliphatic heterocycles. The van der Waals surface area contributed by atoms with Gasteiger partial charge in [-0.3, -0.25) is 4.79 Å². The SMILES string of the molecule is NC1C2CCC(C2)C1C(=O)NCC(O)C(F)F. The Labute approximate surface area is 98.6 Å². The minimum Gasteiger partial charge on any atom is -0.385 e. The van der Waals surface area contributed by atoms with Crippen molar-refractivity contribution in [1.29, 1.82) is 0 Å². The monoisotopic (exact) mass is 248 g/mol. The Hall–Kier alpha value is -0.750. The molecule has 2 saturated carbocycles. The van der Waals surface area contributed by atoms with Gasteiger partial charge in [0.2, 0.25) is 5.91 Å². The van der Waals surface area contributed by atoms with E-state index in [9.17, 15) is 13.6 Å². The van der Waals surface area contributed by atoms with Crippen LogP contribution in [0.2, 0.25) is 0 Å². The van der Waals surface area contributed by atoms with E-state index >= 15 is 0 Å². The molecule has 0 heterocycles. The van der Waals surface area contributed by atoms with Gasteiger partial charge in [-0.05, 0) is 31.1 Å². The number of rotatable bonds is 4. The largest absolute Gasteiger partial charge is 0.385 e. The molecule has 2 bridgehead atoms. The molecule has 2 rings (SSSR count). The Balaban J connectivity index is 1.84. The van der Waals surface area contributed by atoms with Crippen molar-refractivity contribution >= 4 is 5.91 Å². The van der Waals surface area contributed by atoms with E-state index in [0.717, 1.165) is 19.3 Å². The molecule has 17 heavy (non-hydrogen) atoms. The average Bonchev–Trinajstić information content (AvgIpc) is 2.85. The predicted molar refractivity (Wildman–Crippen MR) is 57.3 cm³/mol. The lowest BCUT2D eigenvalue weighted by atomic mass is 9.84. The van der Waals surface area contributed by atoms with Gasteiger partial charge in [-0.2, -0.15) is 0 Å². The highest BCUT2D eigenvalue weighted by Crippen LogP contribution is 2.47. The lowest BCUT2D eigenvalue weighted by molar-refractivity contribution is -0.128. The van der Waals surface area contributed by atoms with Gasteiger partial charge in [-0.25, -0.2) is 8.78 Å². The molecule has 2 aliphatic rings. The van der Waals surface area contributed by atoms with Gasteiger partial charge in [-0.15, -0.1) is 0 Å². The third kappa shape index (κ3) is 2.42. The molecule has 0 saturated heterocycles. The van der Waals surface area contributed by atoms with Crippen molar-refractivity contribution in [3.8, 4) is 0 Å². The van der Waals surface area contributed by atoms with Crippen LogP contribution in [-0.4, -0.2) is 36.1 Å². The summed E-state index contributed by atoms with van der Waals surface area (Å²) in [5.74, 6) is 0.137. The second-order valence-corrected chi connectivity index (χ2v) is 5.08. The summed E-state index contributed by atoms with van der Waals surface area (Å²) in [6.45, 7) is -0.406. The molecule has 5 unspecified atom stereocenters. The van der Waals surface area contributed by atoms with Crippen LogP contribution in [0.5, 0.6) is 0 Å². The van der Waals surface area contributed by atoms with Crippen molar-refractivity contribution in [2.45, 2.75) is 37.8 Å². The van der Waals surface area contributed by atoms with Crippen LogP contribution in [0, 0.1) is 17.8 Å². The molecule has 6 heteroatoms. The standard InChI is InChI=1S/C11H18F2N2O2/c12-10(13)7(16)4-15-11(17)8-5-1-2-6(3-5)9(8)14/h5-10,16H,1-4,14H2,(H,15,17). The number of aliphatic hydroxyl groups excluding tert-OH is 1. The van der Waals surface area contributed by atoms with Crippen LogP contribution in [0.25, 0.3) is 0 Å². The molecule has 5 atom stereocenters. The summed E-state index contributed by atoms with van der Waals surface area (Å²) in [5, 5.41) is 11.3. The maximum absolute atomic E-state index is 12.1. The van der Waals surface area contributed by atoms with Gasteiger partial charge >= 0.3 is 0 Å². The van der Waals surface area contributed by atoms with Gasteiger partial charge in [0.25, 0.3) is 6.43 Å². The van der Waals surface area contributed by atoms with Gasteiger partial charge in [0, 0.05) is 12.6 Å². The molecular weight excluding hydrogens is 230 g/mol. The number of nitrogens with two attached hydrogens (primary N) is 1. The zero-order chi connectivity index (χ0) is 12.6. The van der Waals surface area contributed by atoms with Crippen molar-refractivity contribution < 1.29 is 18.7 Å². The first kappa shape index (κ1) is 12.7. The van der Waals surface area contributed by atoms with E-state index < -0.39 is 19.1 Å². The first-order valence-electron chi connectivity index (χ1n) is 6.00. The molecule has 0 aromatic carbocycles. The number of hydrogen-bond acceptors (Lipinski definition) is 3. The van der Waals surface area contributed by atoms with Crippen molar-refractivity contribution in [3.05, 3.63) is 0 Å². The molecule has 98 valence electrons. The fourth-order valence-corrected chi connectivity index (χ4v) is 3.14. The van der Waals surface area contributed by atoms with Crippen molar-refractivity contribution in [3.63, 3.8) is 0 Å². The molecule has 2 aliphatic carbocycles. The van der Waals surface area contributed by atoms with E-state index in [4.69, 9.17) is 10.8 Å². The fraction of sp³-hybridized carbons (Fsp3) is 0.909. The third-order valence-electron chi connectivity index (χ3n) is 4.06. The molecule has 2 fully saturated rings. The van der Waals surface area contributed by atoms with E-state index in [1.807, 2.05) is 0 Å². The second-order valence-electron chi connectivity index (χ2n) is 5.08. The predicted octanol–water partition coefficient (Wildman–Crippen LogP) is 0.102. The first-order valence-corrected chi connectivity index (χ1v) is 6.00. The summed E-state index contributed by atoms with van der Waals surface area (Å²) in [6.07, 6.45) is -1.60. The molecule has 0 aromatic heterocycles. The van der Waals surface area contributed by atoms with E-state index in [2.05, 4.69) is 5.32 Å². The highest BCUT2D eigenvalue weighted by atomic mass is 19.3. The van der Waals surface area contributed by atoms with E-state index in [0.29, 0.717) is 11.8 Å². The van der Waals surface area contributed by atoms with Gasteiger partial charge in [-0.1, -0.05) is 0 Å². The van der Waals surface area contributed by atoms with E-state index in [1.165, 1.54) is 0 Å². The smallest absolute Gasteiger partial charge is 0.265 e. The minimum atomic E-state index is -2.83. The van der Waals surface area contributed by atoms with Crippen LogP contribution >= 0.6 is 0 Å². The molecule has 4 nitrogen and oxygen atoms in total. The van der Waals surface area contributed by atoms with Crippen LogP contribution < -0.4 is 11.1 Å². The quantitative estimate of drug-likeness (QED) is 0.660. The fourth-order valence-electron chi connectivity index (χ4n) is 3.14. The number of hydrogen-bond donors (Lipinski definition) is 3. The normalized spacial score (nSPS) is 37.5.